The van der Waals surface area contributed by atoms with E-state index in [-0.39, 0.29) is 17.4 Å². The lowest BCUT2D eigenvalue weighted by molar-refractivity contribution is -0.122. The zero-order valence-corrected chi connectivity index (χ0v) is 19.9. The average Bonchev–Trinajstić information content (AvgIpc) is 2.69. The molecule has 0 saturated carbocycles. The van der Waals surface area contributed by atoms with Gasteiger partial charge in [0.25, 0.3) is 0 Å². The van der Waals surface area contributed by atoms with E-state index in [4.69, 9.17) is 4.74 Å². The van der Waals surface area contributed by atoms with Crippen molar-refractivity contribution in [3.05, 3.63) is 29.8 Å². The summed E-state index contributed by atoms with van der Waals surface area (Å²) in [6, 6.07) is 7.03. The molecule has 0 aromatic heterocycles. The van der Waals surface area contributed by atoms with Crippen LogP contribution < -0.4 is 5.32 Å². The molecule has 170 valence electrons. The number of nitrogens with one attached hydrogen (secondary N) is 1. The minimum absolute atomic E-state index is 0.0139. The molecule has 1 atom stereocenters. The molecule has 2 rings (SSSR count). The molecule has 1 aromatic carbocycles. The molecule has 1 saturated heterocycles. The lowest BCUT2D eigenvalue weighted by Crippen LogP contribution is -2.44. The number of rotatable bonds is 9. The summed E-state index contributed by atoms with van der Waals surface area (Å²) in [7, 11) is -3.48. The summed E-state index contributed by atoms with van der Waals surface area (Å²) in [5, 5.41) is 3.21. The van der Waals surface area contributed by atoms with E-state index in [0.717, 1.165) is 18.4 Å². The van der Waals surface area contributed by atoms with Crippen molar-refractivity contribution in [3.63, 3.8) is 0 Å². The molecule has 7 heteroatoms. The number of aryl methyl sites for hydroxylation is 1. The van der Waals surface area contributed by atoms with Gasteiger partial charge in [0.2, 0.25) is 15.9 Å². The van der Waals surface area contributed by atoms with Crippen LogP contribution in [-0.2, 0) is 26.0 Å². The van der Waals surface area contributed by atoms with Gasteiger partial charge in [0.1, 0.15) is 0 Å². The first kappa shape index (κ1) is 24.8. The van der Waals surface area contributed by atoms with E-state index in [1.807, 2.05) is 0 Å². The number of carbonyl (C=O) groups is 1. The Hall–Kier alpha value is -1.44. The lowest BCUT2D eigenvalue weighted by Gasteiger charge is -2.32. The van der Waals surface area contributed by atoms with Gasteiger partial charge < -0.3 is 10.1 Å². The van der Waals surface area contributed by atoms with Gasteiger partial charge in [-0.3, -0.25) is 4.79 Å². The summed E-state index contributed by atoms with van der Waals surface area (Å²) in [6.07, 6.45) is 3.04. The number of hydrogen-bond donors (Lipinski definition) is 1. The van der Waals surface area contributed by atoms with Gasteiger partial charge in [-0.2, -0.15) is 4.31 Å². The Bertz CT molecular complexity index is 776. The SMILES string of the molecule is CC(C)CCC(NC(=O)CCc1ccc(S(=O)(=O)N2CCOCC2)cc1)C(C)(C)C. The number of benzene rings is 1. The first-order chi connectivity index (χ1) is 14.0. The van der Waals surface area contributed by atoms with E-state index in [2.05, 4.69) is 39.9 Å². The number of nitrogens with zero attached hydrogens (tertiary/aromatic N) is 1. The Kier molecular flexibility index (Phi) is 8.88. The predicted molar refractivity (Wildman–Crippen MR) is 120 cm³/mol. The fourth-order valence-electron chi connectivity index (χ4n) is 3.51. The molecular formula is C23H38N2O4S. The third-order valence-electron chi connectivity index (χ3n) is 5.59. The molecule has 1 fully saturated rings. The van der Waals surface area contributed by atoms with Crippen molar-refractivity contribution in [2.45, 2.75) is 71.2 Å². The average molecular weight is 439 g/mol. The van der Waals surface area contributed by atoms with Crippen LogP contribution in [0, 0.1) is 11.3 Å². The second-order valence-corrected chi connectivity index (χ2v) is 11.6. The predicted octanol–water partition coefficient (Wildman–Crippen LogP) is 3.61. The van der Waals surface area contributed by atoms with E-state index in [1.54, 1.807) is 24.3 Å². The molecule has 6 nitrogen and oxygen atoms in total. The van der Waals surface area contributed by atoms with E-state index in [9.17, 15) is 13.2 Å². The Labute approximate surface area is 182 Å². The fraction of sp³-hybridized carbons (Fsp3) is 0.696. The molecule has 1 aliphatic rings. The van der Waals surface area contributed by atoms with E-state index < -0.39 is 10.0 Å². The van der Waals surface area contributed by atoms with Crippen LogP contribution in [0.5, 0.6) is 0 Å². The highest BCUT2D eigenvalue weighted by molar-refractivity contribution is 7.89. The highest BCUT2D eigenvalue weighted by Gasteiger charge is 2.27. The first-order valence-corrected chi connectivity index (χ1v) is 12.4. The maximum atomic E-state index is 12.7. The number of ether oxygens (including phenoxy) is 1. The van der Waals surface area contributed by atoms with Gasteiger partial charge in [0.05, 0.1) is 18.1 Å². The maximum Gasteiger partial charge on any atom is 0.243 e. The van der Waals surface area contributed by atoms with Crippen LogP contribution in [0.25, 0.3) is 0 Å². The van der Waals surface area contributed by atoms with Gasteiger partial charge >= 0.3 is 0 Å². The van der Waals surface area contributed by atoms with Crippen molar-refractivity contribution in [2.24, 2.45) is 11.3 Å². The topological polar surface area (TPSA) is 75.7 Å². The first-order valence-electron chi connectivity index (χ1n) is 11.0. The van der Waals surface area contributed by atoms with E-state index >= 15 is 0 Å². The largest absolute Gasteiger partial charge is 0.379 e. The number of sulfonamides is 1. The molecule has 1 amide bonds. The molecule has 0 spiro atoms. The molecule has 1 aliphatic heterocycles. The summed E-state index contributed by atoms with van der Waals surface area (Å²) in [6.45, 7) is 12.5. The van der Waals surface area contributed by atoms with Gasteiger partial charge in [-0.05, 0) is 48.3 Å². The van der Waals surface area contributed by atoms with Crippen LogP contribution >= 0.6 is 0 Å². The Morgan fingerprint density at radius 1 is 1.10 bits per heavy atom. The quantitative estimate of drug-likeness (QED) is 0.639. The maximum absolute atomic E-state index is 12.7. The van der Waals surface area contributed by atoms with Crippen LogP contribution in [0.3, 0.4) is 0 Å². The van der Waals surface area contributed by atoms with Crippen LogP contribution in [0.15, 0.2) is 29.2 Å². The fourth-order valence-corrected chi connectivity index (χ4v) is 4.92. The van der Waals surface area contributed by atoms with Crippen molar-refractivity contribution >= 4 is 15.9 Å². The number of morpholine rings is 1. The van der Waals surface area contributed by atoms with Crippen LogP contribution in [-0.4, -0.2) is 51.0 Å². The smallest absolute Gasteiger partial charge is 0.243 e. The third kappa shape index (κ3) is 7.36. The highest BCUT2D eigenvalue weighted by Crippen LogP contribution is 2.25. The zero-order chi connectivity index (χ0) is 22.4. The van der Waals surface area contributed by atoms with Crippen molar-refractivity contribution in [1.29, 1.82) is 0 Å². The Morgan fingerprint density at radius 3 is 2.23 bits per heavy atom. The Morgan fingerprint density at radius 2 is 1.70 bits per heavy atom. The van der Waals surface area contributed by atoms with Gasteiger partial charge in [-0.15, -0.1) is 0 Å². The van der Waals surface area contributed by atoms with Crippen LogP contribution in [0.2, 0.25) is 0 Å². The second kappa shape index (κ2) is 10.7. The standard InChI is InChI=1S/C23H38N2O4S/c1-18(2)6-12-21(23(3,4)5)24-22(26)13-9-19-7-10-20(11-8-19)30(27,28)25-14-16-29-17-15-25/h7-8,10-11,18,21H,6,9,12-17H2,1-5H3,(H,24,26). The van der Waals surface area contributed by atoms with Crippen LogP contribution in [0.1, 0.15) is 59.4 Å². The van der Waals surface area contributed by atoms with Gasteiger partial charge in [-0.25, -0.2) is 8.42 Å². The van der Waals surface area contributed by atoms with E-state index in [0.29, 0.717) is 50.0 Å². The molecule has 30 heavy (non-hydrogen) atoms. The minimum Gasteiger partial charge on any atom is -0.379 e. The molecule has 0 radical (unpaired) electrons. The monoisotopic (exact) mass is 438 g/mol. The van der Waals surface area contributed by atoms with Gasteiger partial charge in [-0.1, -0.05) is 46.8 Å². The molecule has 0 bridgehead atoms. The number of hydrogen-bond acceptors (Lipinski definition) is 4. The zero-order valence-electron chi connectivity index (χ0n) is 19.1. The normalized spacial score (nSPS) is 17.1. The highest BCUT2D eigenvalue weighted by atomic mass is 32.2. The van der Waals surface area contributed by atoms with Crippen LogP contribution in [0.4, 0.5) is 0 Å². The third-order valence-corrected chi connectivity index (χ3v) is 7.50. The van der Waals surface area contributed by atoms with Crippen molar-refractivity contribution in [1.82, 2.24) is 9.62 Å². The van der Waals surface area contributed by atoms with Gasteiger partial charge in [0.15, 0.2) is 0 Å². The lowest BCUT2D eigenvalue weighted by atomic mass is 9.82. The van der Waals surface area contributed by atoms with E-state index in [1.165, 1.54) is 4.31 Å². The summed E-state index contributed by atoms with van der Waals surface area (Å²) >= 11 is 0. The summed E-state index contributed by atoms with van der Waals surface area (Å²) in [4.78, 5) is 12.8. The number of carbonyl (C=O) groups excluding carboxylic acids is 1. The molecule has 1 heterocycles. The number of amides is 1. The molecule has 1 N–H and O–H groups in total. The summed E-state index contributed by atoms with van der Waals surface area (Å²) in [5.74, 6) is 0.655. The summed E-state index contributed by atoms with van der Waals surface area (Å²) in [5.41, 5.74) is 0.973. The minimum atomic E-state index is -3.48. The summed E-state index contributed by atoms with van der Waals surface area (Å²) < 4.78 is 32.1. The van der Waals surface area contributed by atoms with Crippen molar-refractivity contribution < 1.29 is 17.9 Å². The molecule has 1 aromatic rings. The van der Waals surface area contributed by atoms with Crippen molar-refractivity contribution in [3.8, 4) is 0 Å². The van der Waals surface area contributed by atoms with Gasteiger partial charge in [0, 0.05) is 25.6 Å². The molecule has 0 aliphatic carbocycles. The molecule has 1 unspecified atom stereocenters. The second-order valence-electron chi connectivity index (χ2n) is 9.62. The molecular weight excluding hydrogens is 400 g/mol. The van der Waals surface area contributed by atoms with Crippen molar-refractivity contribution in [2.75, 3.05) is 26.3 Å². The Balaban J connectivity index is 1.91.